The third-order valence-corrected chi connectivity index (χ3v) is 4.34. The van der Waals surface area contributed by atoms with Gasteiger partial charge in [0.2, 0.25) is 0 Å². The van der Waals surface area contributed by atoms with Crippen LogP contribution in [-0.2, 0) is 16.0 Å². The highest BCUT2D eigenvalue weighted by Gasteiger charge is 2.34. The number of methoxy groups -OCH3 is 3. The third-order valence-electron chi connectivity index (χ3n) is 4.34. The molecule has 1 aliphatic rings. The van der Waals surface area contributed by atoms with Crippen molar-refractivity contribution in [2.24, 2.45) is 0 Å². The van der Waals surface area contributed by atoms with Crippen molar-refractivity contribution in [2.75, 3.05) is 21.3 Å². The van der Waals surface area contributed by atoms with E-state index in [9.17, 15) is 4.79 Å². The topological polar surface area (TPSA) is 63.2 Å². The predicted molar refractivity (Wildman–Crippen MR) is 95.2 cm³/mol. The molecule has 0 amide bonds. The lowest BCUT2D eigenvalue weighted by atomic mass is 9.94. The molecule has 0 fully saturated rings. The third kappa shape index (κ3) is 3.54. The molecular weight excluding hydrogens is 336 g/mol. The zero-order chi connectivity index (χ0) is 18.7. The second kappa shape index (κ2) is 7.56. The second-order valence-corrected chi connectivity index (χ2v) is 5.98. The smallest absolute Gasteiger partial charge is 0.303 e. The molecule has 0 bridgehead atoms. The van der Waals surface area contributed by atoms with E-state index in [2.05, 4.69) is 0 Å². The van der Waals surface area contributed by atoms with E-state index >= 15 is 0 Å². The van der Waals surface area contributed by atoms with Gasteiger partial charge in [0.25, 0.3) is 0 Å². The Morgan fingerprint density at radius 3 is 2.42 bits per heavy atom. The summed E-state index contributed by atoms with van der Waals surface area (Å²) in [5, 5.41) is 0. The van der Waals surface area contributed by atoms with Gasteiger partial charge in [0.15, 0.2) is 17.6 Å². The Hall–Kier alpha value is -2.89. The number of benzene rings is 2. The number of fused-ring (bicyclic) bond motifs is 1. The Morgan fingerprint density at radius 1 is 1.00 bits per heavy atom. The van der Waals surface area contributed by atoms with Gasteiger partial charge in [0.1, 0.15) is 17.6 Å². The molecule has 138 valence electrons. The maximum absolute atomic E-state index is 11.6. The summed E-state index contributed by atoms with van der Waals surface area (Å²) in [6.45, 7) is 1.40. The first-order valence-corrected chi connectivity index (χ1v) is 8.28. The average molecular weight is 358 g/mol. The van der Waals surface area contributed by atoms with Crippen LogP contribution in [0.15, 0.2) is 36.4 Å². The molecule has 6 nitrogen and oxygen atoms in total. The summed E-state index contributed by atoms with van der Waals surface area (Å²) < 4.78 is 27.7. The van der Waals surface area contributed by atoms with E-state index in [4.69, 9.17) is 23.7 Å². The minimum Gasteiger partial charge on any atom is -0.497 e. The zero-order valence-corrected chi connectivity index (χ0v) is 15.3. The molecule has 26 heavy (non-hydrogen) atoms. The van der Waals surface area contributed by atoms with Gasteiger partial charge in [-0.1, -0.05) is 12.1 Å². The standard InChI is InChI=1S/C20H22O6/c1-12(21)25-19-9-13-5-7-15(22-2)11-17(13)26-20(19)14-6-8-16(23-3)18(10-14)24-4/h5-8,10-11,19-20H,9H2,1-4H3/t19-,20-/m0/s1. The van der Waals surface area contributed by atoms with Crippen LogP contribution >= 0.6 is 0 Å². The van der Waals surface area contributed by atoms with Gasteiger partial charge in [-0.25, -0.2) is 0 Å². The van der Waals surface area contributed by atoms with Crippen LogP contribution in [0.2, 0.25) is 0 Å². The Morgan fingerprint density at radius 2 is 1.77 bits per heavy atom. The molecule has 0 N–H and O–H groups in total. The molecule has 6 heteroatoms. The van der Waals surface area contributed by atoms with Gasteiger partial charge in [-0.3, -0.25) is 4.79 Å². The fourth-order valence-electron chi connectivity index (χ4n) is 3.11. The van der Waals surface area contributed by atoms with E-state index in [0.717, 1.165) is 11.1 Å². The average Bonchev–Trinajstić information content (AvgIpc) is 2.66. The van der Waals surface area contributed by atoms with E-state index in [1.807, 2.05) is 36.4 Å². The van der Waals surface area contributed by atoms with Crippen LogP contribution in [0.4, 0.5) is 0 Å². The molecular formula is C20H22O6. The van der Waals surface area contributed by atoms with Gasteiger partial charge < -0.3 is 23.7 Å². The Kier molecular flexibility index (Phi) is 5.21. The number of carbonyl (C=O) groups excluding carboxylic acids is 1. The van der Waals surface area contributed by atoms with Crippen LogP contribution in [0.5, 0.6) is 23.0 Å². The summed E-state index contributed by atoms with van der Waals surface area (Å²) in [7, 11) is 4.77. The number of carbonyl (C=O) groups is 1. The van der Waals surface area contributed by atoms with Gasteiger partial charge in [-0.15, -0.1) is 0 Å². The monoisotopic (exact) mass is 358 g/mol. The summed E-state index contributed by atoms with van der Waals surface area (Å²) in [5.41, 5.74) is 1.80. The van der Waals surface area contributed by atoms with Crippen LogP contribution in [0, 0.1) is 0 Å². The van der Waals surface area contributed by atoms with Crippen molar-refractivity contribution in [2.45, 2.75) is 25.6 Å². The van der Waals surface area contributed by atoms with Crippen molar-refractivity contribution in [1.82, 2.24) is 0 Å². The lowest BCUT2D eigenvalue weighted by molar-refractivity contribution is -0.152. The molecule has 0 unspecified atom stereocenters. The maximum Gasteiger partial charge on any atom is 0.303 e. The number of rotatable bonds is 5. The van der Waals surface area contributed by atoms with Crippen molar-refractivity contribution in [3.05, 3.63) is 47.5 Å². The first kappa shape index (κ1) is 17.9. The molecule has 1 aliphatic heterocycles. The Labute approximate surface area is 152 Å². The molecule has 3 rings (SSSR count). The SMILES string of the molecule is COc1ccc2c(c1)O[C@@H](c1ccc(OC)c(OC)c1)[C@@H](OC(C)=O)C2. The van der Waals surface area contributed by atoms with Crippen molar-refractivity contribution in [3.63, 3.8) is 0 Å². The van der Waals surface area contributed by atoms with Gasteiger partial charge in [0, 0.05) is 25.0 Å². The zero-order valence-electron chi connectivity index (χ0n) is 15.3. The molecule has 0 aromatic heterocycles. The molecule has 1 heterocycles. The summed E-state index contributed by atoms with van der Waals surface area (Å²) in [6.07, 6.45) is -0.345. The minimum atomic E-state index is -0.460. The van der Waals surface area contributed by atoms with Gasteiger partial charge in [-0.05, 0) is 23.8 Å². The molecule has 0 spiro atoms. The highest BCUT2D eigenvalue weighted by atomic mass is 16.6. The van der Waals surface area contributed by atoms with Crippen LogP contribution in [0.3, 0.4) is 0 Å². The second-order valence-electron chi connectivity index (χ2n) is 5.98. The highest BCUT2D eigenvalue weighted by Crippen LogP contribution is 2.40. The molecule has 0 radical (unpaired) electrons. The summed E-state index contributed by atoms with van der Waals surface area (Å²) in [4.78, 5) is 11.6. The maximum atomic E-state index is 11.6. The summed E-state index contributed by atoms with van der Waals surface area (Å²) >= 11 is 0. The predicted octanol–water partition coefficient (Wildman–Crippen LogP) is 3.32. The van der Waals surface area contributed by atoms with E-state index in [1.165, 1.54) is 6.92 Å². The Balaban J connectivity index is 2.00. The first-order valence-electron chi connectivity index (χ1n) is 8.28. The van der Waals surface area contributed by atoms with E-state index in [1.54, 1.807) is 21.3 Å². The number of hydrogen-bond donors (Lipinski definition) is 0. The first-order chi connectivity index (χ1) is 12.5. The Bertz CT molecular complexity index is 801. The molecule has 2 aromatic rings. The summed E-state index contributed by atoms with van der Waals surface area (Å²) in [6, 6.07) is 11.2. The van der Waals surface area contributed by atoms with Crippen molar-refractivity contribution < 1.29 is 28.5 Å². The lowest BCUT2D eigenvalue weighted by Gasteiger charge is -2.33. The quantitative estimate of drug-likeness (QED) is 0.764. The van der Waals surface area contributed by atoms with Crippen LogP contribution in [-0.4, -0.2) is 33.4 Å². The number of esters is 1. The van der Waals surface area contributed by atoms with E-state index in [0.29, 0.717) is 29.4 Å². The van der Waals surface area contributed by atoms with Gasteiger partial charge in [0.05, 0.1) is 21.3 Å². The van der Waals surface area contributed by atoms with Crippen LogP contribution < -0.4 is 18.9 Å². The van der Waals surface area contributed by atoms with E-state index in [-0.39, 0.29) is 5.97 Å². The molecule has 0 saturated carbocycles. The normalized spacial score (nSPS) is 18.3. The van der Waals surface area contributed by atoms with Crippen molar-refractivity contribution in [1.29, 1.82) is 0 Å². The van der Waals surface area contributed by atoms with Gasteiger partial charge >= 0.3 is 5.97 Å². The number of hydrogen-bond acceptors (Lipinski definition) is 6. The summed E-state index contributed by atoms with van der Waals surface area (Å²) in [5.74, 6) is 2.29. The molecule has 0 aliphatic carbocycles. The van der Waals surface area contributed by atoms with Crippen LogP contribution in [0.1, 0.15) is 24.2 Å². The largest absolute Gasteiger partial charge is 0.497 e. The highest BCUT2D eigenvalue weighted by molar-refractivity contribution is 5.66. The molecule has 2 aromatic carbocycles. The lowest BCUT2D eigenvalue weighted by Crippen LogP contribution is -2.34. The van der Waals surface area contributed by atoms with Gasteiger partial charge in [-0.2, -0.15) is 0 Å². The van der Waals surface area contributed by atoms with Crippen molar-refractivity contribution >= 4 is 5.97 Å². The molecule has 0 saturated heterocycles. The van der Waals surface area contributed by atoms with Crippen molar-refractivity contribution in [3.8, 4) is 23.0 Å². The fraction of sp³-hybridized carbons (Fsp3) is 0.350. The van der Waals surface area contributed by atoms with E-state index < -0.39 is 12.2 Å². The minimum absolute atomic E-state index is 0.346. The van der Waals surface area contributed by atoms with Crippen LogP contribution in [0.25, 0.3) is 0 Å². The fourth-order valence-corrected chi connectivity index (χ4v) is 3.11. The number of ether oxygens (including phenoxy) is 5. The molecule has 2 atom stereocenters.